The monoisotopic (exact) mass is 392 g/mol. The number of carbonyl (C=O) groups is 1. The second kappa shape index (κ2) is 6.93. The van der Waals surface area contributed by atoms with Gasteiger partial charge in [-0.15, -0.1) is 0 Å². The molecule has 0 aromatic heterocycles. The summed E-state index contributed by atoms with van der Waals surface area (Å²) in [5.41, 5.74) is 3.06. The fourth-order valence-electron chi connectivity index (χ4n) is 2.93. The minimum atomic E-state index is 0.0165. The molecule has 2 aromatic rings. The Hall–Kier alpha value is -1.52. The Morgan fingerprint density at radius 2 is 1.78 bits per heavy atom. The van der Waals surface area contributed by atoms with E-state index in [0.717, 1.165) is 17.6 Å². The zero-order chi connectivity index (χ0) is 16.4. The number of rotatable bonds is 2. The molecule has 1 heterocycles. The van der Waals surface area contributed by atoms with E-state index in [1.54, 1.807) is 12.1 Å². The first kappa shape index (κ1) is 16.3. The van der Waals surface area contributed by atoms with Crippen LogP contribution in [0, 0.1) is 6.92 Å². The van der Waals surface area contributed by atoms with Gasteiger partial charge in [0.1, 0.15) is 0 Å². The van der Waals surface area contributed by atoms with Crippen molar-refractivity contribution >= 4 is 39.1 Å². The van der Waals surface area contributed by atoms with E-state index in [4.69, 9.17) is 11.6 Å². The highest BCUT2D eigenvalue weighted by molar-refractivity contribution is 9.10. The van der Waals surface area contributed by atoms with Gasteiger partial charge in [0.05, 0.1) is 10.6 Å². The quantitative estimate of drug-likeness (QED) is 0.756. The summed E-state index contributed by atoms with van der Waals surface area (Å²) in [5.74, 6) is 0.0165. The number of amides is 1. The molecule has 0 atom stereocenters. The number of carbonyl (C=O) groups excluding carboxylic acids is 1. The molecule has 1 saturated heterocycles. The minimum absolute atomic E-state index is 0.0165. The topological polar surface area (TPSA) is 23.6 Å². The van der Waals surface area contributed by atoms with Crippen LogP contribution in [0.5, 0.6) is 0 Å². The van der Waals surface area contributed by atoms with Crippen molar-refractivity contribution in [2.75, 3.05) is 31.1 Å². The van der Waals surface area contributed by atoms with Crippen molar-refractivity contribution in [1.82, 2.24) is 4.90 Å². The van der Waals surface area contributed by atoms with Gasteiger partial charge in [0.2, 0.25) is 0 Å². The van der Waals surface area contributed by atoms with Gasteiger partial charge < -0.3 is 9.80 Å². The first-order valence-corrected chi connectivity index (χ1v) is 8.78. The molecule has 120 valence electrons. The van der Waals surface area contributed by atoms with E-state index in [-0.39, 0.29) is 5.91 Å². The molecule has 0 saturated carbocycles. The number of nitrogens with zero attached hydrogens (tertiary/aromatic N) is 2. The van der Waals surface area contributed by atoms with Crippen molar-refractivity contribution in [2.24, 2.45) is 0 Å². The fourth-order valence-corrected chi connectivity index (χ4v) is 3.62. The SMILES string of the molecule is Cc1cc(Br)ccc1N1CCN(C(=O)c2ccccc2Cl)CC1. The van der Waals surface area contributed by atoms with Crippen LogP contribution < -0.4 is 4.90 Å². The van der Waals surface area contributed by atoms with Crippen LogP contribution in [0.2, 0.25) is 5.02 Å². The molecule has 0 radical (unpaired) electrons. The van der Waals surface area contributed by atoms with Crippen LogP contribution in [0.15, 0.2) is 46.9 Å². The molecule has 0 unspecified atom stereocenters. The largest absolute Gasteiger partial charge is 0.368 e. The Morgan fingerprint density at radius 1 is 1.09 bits per heavy atom. The number of benzene rings is 2. The van der Waals surface area contributed by atoms with Crippen LogP contribution in [0.4, 0.5) is 5.69 Å². The van der Waals surface area contributed by atoms with Crippen LogP contribution in [0.25, 0.3) is 0 Å². The van der Waals surface area contributed by atoms with Crippen LogP contribution in [-0.2, 0) is 0 Å². The Labute approximate surface area is 150 Å². The van der Waals surface area contributed by atoms with Crippen molar-refractivity contribution in [3.63, 3.8) is 0 Å². The lowest BCUT2D eigenvalue weighted by Crippen LogP contribution is -2.49. The maximum atomic E-state index is 12.6. The number of aryl methyl sites for hydroxylation is 1. The van der Waals surface area contributed by atoms with E-state index in [0.29, 0.717) is 23.7 Å². The summed E-state index contributed by atoms with van der Waals surface area (Å²) in [5, 5.41) is 0.517. The molecule has 0 aliphatic carbocycles. The van der Waals surface area contributed by atoms with E-state index in [2.05, 4.69) is 46.0 Å². The van der Waals surface area contributed by atoms with Gasteiger partial charge in [-0.2, -0.15) is 0 Å². The third kappa shape index (κ3) is 3.54. The molecule has 3 rings (SSSR count). The van der Waals surface area contributed by atoms with Crippen molar-refractivity contribution in [3.8, 4) is 0 Å². The minimum Gasteiger partial charge on any atom is -0.368 e. The van der Waals surface area contributed by atoms with E-state index < -0.39 is 0 Å². The summed E-state index contributed by atoms with van der Waals surface area (Å²) >= 11 is 9.63. The molecular formula is C18H18BrClN2O. The molecule has 0 N–H and O–H groups in total. The summed E-state index contributed by atoms with van der Waals surface area (Å²) in [6.07, 6.45) is 0. The molecule has 3 nitrogen and oxygen atoms in total. The number of hydrogen-bond acceptors (Lipinski definition) is 2. The average Bonchev–Trinajstić information content (AvgIpc) is 2.55. The number of hydrogen-bond donors (Lipinski definition) is 0. The zero-order valence-electron chi connectivity index (χ0n) is 12.9. The smallest absolute Gasteiger partial charge is 0.255 e. The van der Waals surface area contributed by atoms with E-state index >= 15 is 0 Å². The first-order chi connectivity index (χ1) is 11.1. The molecule has 0 spiro atoms. The maximum Gasteiger partial charge on any atom is 0.255 e. The van der Waals surface area contributed by atoms with Gasteiger partial charge in [-0.05, 0) is 42.8 Å². The molecule has 2 aromatic carbocycles. The standard InChI is InChI=1S/C18H18BrClN2O/c1-13-12-14(19)6-7-17(13)21-8-10-22(11-9-21)18(23)15-4-2-3-5-16(15)20/h2-7,12H,8-11H2,1H3. The molecule has 1 aliphatic heterocycles. The van der Waals surface area contributed by atoms with Gasteiger partial charge in [0.15, 0.2) is 0 Å². The Balaban J connectivity index is 1.69. The average molecular weight is 394 g/mol. The Kier molecular flexibility index (Phi) is 4.93. The second-order valence-electron chi connectivity index (χ2n) is 5.69. The third-order valence-electron chi connectivity index (χ3n) is 4.17. The number of anilines is 1. The highest BCUT2D eigenvalue weighted by Crippen LogP contribution is 2.25. The molecule has 1 aliphatic rings. The third-order valence-corrected chi connectivity index (χ3v) is 4.99. The number of halogens is 2. The van der Waals surface area contributed by atoms with Crippen LogP contribution in [-0.4, -0.2) is 37.0 Å². The first-order valence-electron chi connectivity index (χ1n) is 7.61. The lowest BCUT2D eigenvalue weighted by molar-refractivity contribution is 0.0747. The number of piperazine rings is 1. The van der Waals surface area contributed by atoms with Crippen molar-refractivity contribution < 1.29 is 4.79 Å². The second-order valence-corrected chi connectivity index (χ2v) is 7.01. The van der Waals surface area contributed by atoms with Gasteiger partial charge in [0, 0.05) is 36.3 Å². The van der Waals surface area contributed by atoms with Gasteiger partial charge >= 0.3 is 0 Å². The van der Waals surface area contributed by atoms with Crippen molar-refractivity contribution in [1.29, 1.82) is 0 Å². The maximum absolute atomic E-state index is 12.6. The van der Waals surface area contributed by atoms with Crippen LogP contribution >= 0.6 is 27.5 Å². The summed E-state index contributed by atoms with van der Waals surface area (Å²) in [7, 11) is 0. The predicted octanol–water partition coefficient (Wildman–Crippen LogP) is 4.37. The highest BCUT2D eigenvalue weighted by Gasteiger charge is 2.24. The molecule has 5 heteroatoms. The van der Waals surface area contributed by atoms with Crippen LogP contribution in [0.1, 0.15) is 15.9 Å². The zero-order valence-corrected chi connectivity index (χ0v) is 15.3. The molecule has 0 bridgehead atoms. The van der Waals surface area contributed by atoms with Crippen molar-refractivity contribution in [2.45, 2.75) is 6.92 Å². The summed E-state index contributed by atoms with van der Waals surface area (Å²) < 4.78 is 1.09. The van der Waals surface area contributed by atoms with E-state index in [9.17, 15) is 4.79 Å². The Morgan fingerprint density at radius 3 is 2.43 bits per heavy atom. The van der Waals surface area contributed by atoms with Gasteiger partial charge in [-0.25, -0.2) is 0 Å². The molecule has 1 fully saturated rings. The summed E-state index contributed by atoms with van der Waals surface area (Å²) in [6, 6.07) is 13.5. The summed E-state index contributed by atoms with van der Waals surface area (Å²) in [6.45, 7) is 5.19. The predicted molar refractivity (Wildman–Crippen MR) is 98.4 cm³/mol. The fraction of sp³-hybridized carbons (Fsp3) is 0.278. The van der Waals surface area contributed by atoms with Gasteiger partial charge in [0.25, 0.3) is 5.91 Å². The molecule has 23 heavy (non-hydrogen) atoms. The van der Waals surface area contributed by atoms with Gasteiger partial charge in [-0.1, -0.05) is 39.7 Å². The highest BCUT2D eigenvalue weighted by atomic mass is 79.9. The van der Waals surface area contributed by atoms with Crippen LogP contribution in [0.3, 0.4) is 0 Å². The molecule has 1 amide bonds. The van der Waals surface area contributed by atoms with Crippen molar-refractivity contribution in [3.05, 3.63) is 63.1 Å². The van der Waals surface area contributed by atoms with E-state index in [1.165, 1.54) is 11.3 Å². The normalized spacial score (nSPS) is 14.9. The van der Waals surface area contributed by atoms with Gasteiger partial charge in [-0.3, -0.25) is 4.79 Å². The lowest BCUT2D eigenvalue weighted by Gasteiger charge is -2.37. The summed E-state index contributed by atoms with van der Waals surface area (Å²) in [4.78, 5) is 16.8. The Bertz CT molecular complexity index is 727. The van der Waals surface area contributed by atoms with E-state index in [1.807, 2.05) is 17.0 Å². The lowest BCUT2D eigenvalue weighted by atomic mass is 10.1. The molecular weight excluding hydrogens is 376 g/mol.